The molecule has 2 atom stereocenters. The first-order chi connectivity index (χ1) is 7.83. The van der Waals surface area contributed by atoms with Gasteiger partial charge in [0.1, 0.15) is 6.04 Å². The van der Waals surface area contributed by atoms with Crippen molar-refractivity contribution in [3.05, 3.63) is 12.2 Å². The van der Waals surface area contributed by atoms with Gasteiger partial charge in [-0.05, 0) is 38.0 Å². The molecular formula is C12H17N3O. The molecule has 16 heavy (non-hydrogen) atoms. The van der Waals surface area contributed by atoms with Gasteiger partial charge in [-0.15, -0.1) is 0 Å². The number of hydrogen-bond acceptors (Lipinski definition) is 3. The summed E-state index contributed by atoms with van der Waals surface area (Å²) in [7, 11) is 0. The SMILES string of the molecule is O=C1NC(NC2CC2)=NC1C1CC=CCC1. The number of nitrogens with one attached hydrogen (secondary N) is 2. The summed E-state index contributed by atoms with van der Waals surface area (Å²) in [5.74, 6) is 1.17. The quantitative estimate of drug-likeness (QED) is 0.679. The van der Waals surface area contributed by atoms with Crippen LogP contribution in [0.15, 0.2) is 17.1 Å². The molecule has 1 amide bonds. The smallest absolute Gasteiger partial charge is 0.251 e. The van der Waals surface area contributed by atoms with Crippen LogP contribution in [0.25, 0.3) is 0 Å². The third kappa shape index (κ3) is 1.96. The molecule has 1 heterocycles. The number of aliphatic imine (C=N–C) groups is 1. The van der Waals surface area contributed by atoms with E-state index in [9.17, 15) is 4.79 Å². The monoisotopic (exact) mass is 219 g/mol. The van der Waals surface area contributed by atoms with Gasteiger partial charge < -0.3 is 5.32 Å². The van der Waals surface area contributed by atoms with Crippen molar-refractivity contribution in [2.45, 2.75) is 44.2 Å². The van der Waals surface area contributed by atoms with Crippen LogP contribution in [0, 0.1) is 5.92 Å². The third-order valence-corrected chi connectivity index (χ3v) is 3.45. The Hall–Kier alpha value is -1.32. The van der Waals surface area contributed by atoms with Crippen LogP contribution in [-0.4, -0.2) is 24.0 Å². The molecule has 0 aromatic carbocycles. The Morgan fingerprint density at radius 2 is 2.19 bits per heavy atom. The molecule has 0 aromatic heterocycles. The van der Waals surface area contributed by atoms with E-state index in [0.717, 1.165) is 19.3 Å². The Labute approximate surface area is 95.2 Å². The van der Waals surface area contributed by atoms with Gasteiger partial charge in [0, 0.05) is 6.04 Å². The van der Waals surface area contributed by atoms with E-state index in [1.807, 2.05) is 0 Å². The van der Waals surface area contributed by atoms with Gasteiger partial charge >= 0.3 is 0 Å². The summed E-state index contributed by atoms with van der Waals surface area (Å²) in [6, 6.07) is 0.384. The summed E-state index contributed by atoms with van der Waals surface area (Å²) < 4.78 is 0. The van der Waals surface area contributed by atoms with E-state index >= 15 is 0 Å². The standard InChI is InChI=1S/C12H17N3O/c16-11-10(8-4-2-1-3-5-8)14-12(15-11)13-9-6-7-9/h1-2,8-10H,3-7H2,(H2,13,14,15,16). The molecule has 2 N–H and O–H groups in total. The van der Waals surface area contributed by atoms with Crippen molar-refractivity contribution in [2.75, 3.05) is 0 Å². The molecule has 1 aliphatic heterocycles. The normalized spacial score (nSPS) is 33.5. The highest BCUT2D eigenvalue weighted by atomic mass is 16.2. The Bertz CT molecular complexity index is 357. The van der Waals surface area contributed by atoms with Crippen LogP contribution >= 0.6 is 0 Å². The number of guanidine groups is 1. The molecule has 2 unspecified atom stereocenters. The molecule has 3 aliphatic rings. The molecule has 0 spiro atoms. The second-order valence-corrected chi connectivity index (χ2v) is 4.87. The van der Waals surface area contributed by atoms with E-state index in [2.05, 4.69) is 27.8 Å². The number of carbonyl (C=O) groups excluding carboxylic acids is 1. The fourth-order valence-corrected chi connectivity index (χ4v) is 2.34. The van der Waals surface area contributed by atoms with Crippen molar-refractivity contribution < 1.29 is 4.79 Å². The highest BCUT2D eigenvalue weighted by molar-refractivity contribution is 6.05. The average Bonchev–Trinajstić information content (AvgIpc) is 3.03. The third-order valence-electron chi connectivity index (χ3n) is 3.45. The van der Waals surface area contributed by atoms with Crippen LogP contribution < -0.4 is 10.6 Å². The molecule has 2 aliphatic carbocycles. The highest BCUT2D eigenvalue weighted by Crippen LogP contribution is 2.26. The number of allylic oxidation sites excluding steroid dienone is 2. The maximum absolute atomic E-state index is 11.8. The molecule has 1 saturated carbocycles. The molecule has 4 heteroatoms. The molecule has 0 saturated heterocycles. The van der Waals surface area contributed by atoms with E-state index < -0.39 is 0 Å². The van der Waals surface area contributed by atoms with Gasteiger partial charge in [-0.25, -0.2) is 4.99 Å². The molecule has 0 radical (unpaired) electrons. The summed E-state index contributed by atoms with van der Waals surface area (Å²) in [6.45, 7) is 0. The van der Waals surface area contributed by atoms with Crippen LogP contribution in [0.4, 0.5) is 0 Å². The van der Waals surface area contributed by atoms with Crippen molar-refractivity contribution in [1.29, 1.82) is 0 Å². The second-order valence-electron chi connectivity index (χ2n) is 4.87. The van der Waals surface area contributed by atoms with E-state index in [1.165, 1.54) is 12.8 Å². The number of rotatable bonds is 2. The van der Waals surface area contributed by atoms with Crippen LogP contribution in [0.2, 0.25) is 0 Å². The Morgan fingerprint density at radius 1 is 1.31 bits per heavy atom. The fourth-order valence-electron chi connectivity index (χ4n) is 2.34. The van der Waals surface area contributed by atoms with Crippen molar-refractivity contribution >= 4 is 11.9 Å². The lowest BCUT2D eigenvalue weighted by Gasteiger charge is -2.19. The minimum atomic E-state index is -0.161. The van der Waals surface area contributed by atoms with Crippen molar-refractivity contribution in [1.82, 2.24) is 10.6 Å². The van der Waals surface area contributed by atoms with Crippen molar-refractivity contribution in [2.24, 2.45) is 10.9 Å². The molecule has 3 rings (SSSR count). The summed E-state index contributed by atoms with van der Waals surface area (Å²) in [4.78, 5) is 16.3. The van der Waals surface area contributed by atoms with Gasteiger partial charge in [0.05, 0.1) is 0 Å². The zero-order valence-electron chi connectivity index (χ0n) is 9.28. The van der Waals surface area contributed by atoms with Crippen LogP contribution in [-0.2, 0) is 4.79 Å². The van der Waals surface area contributed by atoms with E-state index in [1.54, 1.807) is 0 Å². The lowest BCUT2D eigenvalue weighted by Crippen LogP contribution is -2.39. The van der Waals surface area contributed by atoms with Gasteiger partial charge in [0.25, 0.3) is 5.91 Å². The first-order valence-electron chi connectivity index (χ1n) is 6.13. The van der Waals surface area contributed by atoms with E-state index in [-0.39, 0.29) is 11.9 Å². The Morgan fingerprint density at radius 3 is 2.88 bits per heavy atom. The molecule has 0 aromatic rings. The van der Waals surface area contributed by atoms with E-state index in [4.69, 9.17) is 0 Å². The number of amides is 1. The molecule has 86 valence electrons. The minimum Gasteiger partial charge on any atom is -0.353 e. The second kappa shape index (κ2) is 3.92. The minimum absolute atomic E-state index is 0.0726. The molecular weight excluding hydrogens is 202 g/mol. The maximum atomic E-state index is 11.8. The van der Waals surface area contributed by atoms with Crippen LogP contribution in [0.5, 0.6) is 0 Å². The van der Waals surface area contributed by atoms with Gasteiger partial charge in [-0.2, -0.15) is 0 Å². The highest BCUT2D eigenvalue weighted by Gasteiger charge is 2.35. The maximum Gasteiger partial charge on any atom is 0.251 e. The van der Waals surface area contributed by atoms with Crippen molar-refractivity contribution in [3.8, 4) is 0 Å². The van der Waals surface area contributed by atoms with Gasteiger partial charge in [-0.1, -0.05) is 12.2 Å². The Balaban J connectivity index is 1.66. The summed E-state index contributed by atoms with van der Waals surface area (Å²) >= 11 is 0. The zero-order valence-corrected chi connectivity index (χ0v) is 9.28. The average molecular weight is 219 g/mol. The first kappa shape index (κ1) is 9.87. The Kier molecular flexibility index (Phi) is 2.42. The van der Waals surface area contributed by atoms with E-state index in [0.29, 0.717) is 17.9 Å². The number of nitrogens with zero attached hydrogens (tertiary/aromatic N) is 1. The summed E-state index contributed by atoms with van der Waals surface area (Å²) in [6.07, 6.45) is 9.90. The predicted molar refractivity (Wildman–Crippen MR) is 62.0 cm³/mol. The van der Waals surface area contributed by atoms with Gasteiger partial charge in [-0.3, -0.25) is 10.1 Å². The summed E-state index contributed by atoms with van der Waals surface area (Å²) in [5, 5.41) is 6.10. The molecule has 4 nitrogen and oxygen atoms in total. The molecule has 1 fully saturated rings. The predicted octanol–water partition coefficient (Wildman–Crippen LogP) is 0.949. The van der Waals surface area contributed by atoms with Crippen LogP contribution in [0.3, 0.4) is 0 Å². The summed E-state index contributed by atoms with van der Waals surface area (Å²) in [5.41, 5.74) is 0. The van der Waals surface area contributed by atoms with Gasteiger partial charge in [0.15, 0.2) is 5.96 Å². The zero-order chi connectivity index (χ0) is 11.0. The number of carbonyl (C=O) groups is 1. The lowest BCUT2D eigenvalue weighted by molar-refractivity contribution is -0.121. The number of hydrogen-bond donors (Lipinski definition) is 2. The fraction of sp³-hybridized carbons (Fsp3) is 0.667. The largest absolute Gasteiger partial charge is 0.353 e. The van der Waals surface area contributed by atoms with Crippen LogP contribution in [0.1, 0.15) is 32.1 Å². The van der Waals surface area contributed by atoms with Crippen molar-refractivity contribution in [3.63, 3.8) is 0 Å². The lowest BCUT2D eigenvalue weighted by atomic mass is 9.88. The van der Waals surface area contributed by atoms with Gasteiger partial charge in [0.2, 0.25) is 0 Å². The molecule has 0 bridgehead atoms. The first-order valence-corrected chi connectivity index (χ1v) is 6.13. The topological polar surface area (TPSA) is 53.5 Å².